The molecule has 1 saturated carbocycles. The number of aryl methyl sites for hydroxylation is 1. The molecule has 0 atom stereocenters. The van der Waals surface area contributed by atoms with Crippen LogP contribution in [0.15, 0.2) is 4.47 Å². The molecule has 1 N–H and O–H groups in total. The van der Waals surface area contributed by atoms with Crippen LogP contribution in [0.2, 0.25) is 0 Å². The molecule has 7 heteroatoms. The van der Waals surface area contributed by atoms with Gasteiger partial charge in [0.1, 0.15) is 6.54 Å². The first-order chi connectivity index (χ1) is 9.60. The molecule has 108 valence electrons. The van der Waals surface area contributed by atoms with Gasteiger partial charge in [0.2, 0.25) is 5.91 Å². The van der Waals surface area contributed by atoms with Crippen molar-refractivity contribution in [2.75, 3.05) is 19.8 Å². The van der Waals surface area contributed by atoms with Gasteiger partial charge in [-0.3, -0.25) is 14.7 Å². The van der Waals surface area contributed by atoms with E-state index < -0.39 is 0 Å². The second-order valence-corrected chi connectivity index (χ2v) is 6.22. The van der Waals surface area contributed by atoms with Crippen LogP contribution in [-0.4, -0.2) is 51.6 Å². The zero-order valence-electron chi connectivity index (χ0n) is 11.4. The quantitative estimate of drug-likeness (QED) is 0.900. The number of nitrogens with one attached hydrogen (secondary N) is 1. The van der Waals surface area contributed by atoms with Gasteiger partial charge in [0, 0.05) is 12.2 Å². The van der Waals surface area contributed by atoms with Crippen LogP contribution in [0.25, 0.3) is 0 Å². The maximum Gasteiger partial charge on any atom is 0.277 e. The largest absolute Gasteiger partial charge is 0.323 e. The van der Waals surface area contributed by atoms with Crippen molar-refractivity contribution >= 4 is 27.7 Å². The van der Waals surface area contributed by atoms with Gasteiger partial charge in [0.15, 0.2) is 5.69 Å². The average molecular weight is 341 g/mol. The lowest BCUT2D eigenvalue weighted by Gasteiger charge is -2.17. The third kappa shape index (κ3) is 2.46. The summed E-state index contributed by atoms with van der Waals surface area (Å²) in [6.07, 6.45) is 3.17. The standard InChI is InChI=1S/C13H17BrN4O2/c1-2-9-11(14)12(16-15-9)13(20)18-6-10(19)17(7-18)5-8-3-4-8/h8H,2-7H2,1H3,(H,15,16). The number of nitrogens with zero attached hydrogens (tertiary/aromatic N) is 3. The summed E-state index contributed by atoms with van der Waals surface area (Å²) in [6, 6.07) is 0. The number of amides is 2. The SMILES string of the molecule is CCc1[nH]nc(C(=O)N2CC(=O)N(CC3CC3)C2)c1Br. The molecule has 0 unspecified atom stereocenters. The molecule has 0 bridgehead atoms. The number of halogens is 1. The maximum absolute atomic E-state index is 12.4. The van der Waals surface area contributed by atoms with Gasteiger partial charge >= 0.3 is 0 Å². The van der Waals surface area contributed by atoms with Gasteiger partial charge in [-0.05, 0) is 41.1 Å². The van der Waals surface area contributed by atoms with Gasteiger partial charge in [0.05, 0.1) is 11.1 Å². The molecule has 0 spiro atoms. The number of hydrogen-bond donors (Lipinski definition) is 1. The van der Waals surface area contributed by atoms with Gasteiger partial charge in [-0.2, -0.15) is 5.10 Å². The molecule has 3 rings (SSSR count). The first-order valence-electron chi connectivity index (χ1n) is 6.90. The van der Waals surface area contributed by atoms with Crippen molar-refractivity contribution < 1.29 is 9.59 Å². The molecule has 1 aliphatic heterocycles. The molecule has 2 aliphatic rings. The Morgan fingerprint density at radius 1 is 1.50 bits per heavy atom. The monoisotopic (exact) mass is 340 g/mol. The molecule has 1 aromatic rings. The normalized spacial score (nSPS) is 19.0. The number of carbonyl (C=O) groups is 2. The second kappa shape index (κ2) is 5.20. The lowest BCUT2D eigenvalue weighted by atomic mass is 10.3. The van der Waals surface area contributed by atoms with E-state index in [-0.39, 0.29) is 18.4 Å². The second-order valence-electron chi connectivity index (χ2n) is 5.42. The summed E-state index contributed by atoms with van der Waals surface area (Å²) in [6.45, 7) is 3.31. The summed E-state index contributed by atoms with van der Waals surface area (Å²) >= 11 is 3.40. The first kappa shape index (κ1) is 13.6. The highest BCUT2D eigenvalue weighted by Crippen LogP contribution is 2.31. The van der Waals surface area contributed by atoms with Crippen molar-refractivity contribution in [2.24, 2.45) is 5.92 Å². The molecular weight excluding hydrogens is 324 g/mol. The molecule has 2 heterocycles. The van der Waals surface area contributed by atoms with Crippen molar-refractivity contribution in [1.29, 1.82) is 0 Å². The Bertz CT molecular complexity index is 553. The Morgan fingerprint density at radius 3 is 2.85 bits per heavy atom. The fraction of sp³-hybridized carbons (Fsp3) is 0.615. The minimum atomic E-state index is -0.195. The summed E-state index contributed by atoms with van der Waals surface area (Å²) in [5.41, 5.74) is 1.26. The van der Waals surface area contributed by atoms with Crippen LogP contribution in [0, 0.1) is 5.92 Å². The molecule has 1 saturated heterocycles. The van der Waals surface area contributed by atoms with E-state index in [1.807, 2.05) is 6.92 Å². The van der Waals surface area contributed by atoms with Crippen molar-refractivity contribution in [3.8, 4) is 0 Å². The maximum atomic E-state index is 12.4. The minimum Gasteiger partial charge on any atom is -0.323 e. The smallest absolute Gasteiger partial charge is 0.277 e. The third-order valence-electron chi connectivity index (χ3n) is 3.81. The van der Waals surface area contributed by atoms with Gasteiger partial charge in [-0.25, -0.2) is 0 Å². The average Bonchev–Trinajstić information content (AvgIpc) is 3.06. The van der Waals surface area contributed by atoms with E-state index in [9.17, 15) is 9.59 Å². The highest BCUT2D eigenvalue weighted by Gasteiger charge is 2.36. The van der Waals surface area contributed by atoms with Gasteiger partial charge in [-0.1, -0.05) is 6.92 Å². The number of rotatable bonds is 4. The highest BCUT2D eigenvalue weighted by atomic mass is 79.9. The Morgan fingerprint density at radius 2 is 2.25 bits per heavy atom. The molecule has 1 aliphatic carbocycles. The molecule has 2 amide bonds. The van der Waals surface area contributed by atoms with Crippen LogP contribution in [-0.2, 0) is 11.2 Å². The van der Waals surface area contributed by atoms with E-state index in [0.29, 0.717) is 22.8 Å². The van der Waals surface area contributed by atoms with Crippen LogP contribution in [0.3, 0.4) is 0 Å². The van der Waals surface area contributed by atoms with Crippen LogP contribution in [0.5, 0.6) is 0 Å². The highest BCUT2D eigenvalue weighted by molar-refractivity contribution is 9.10. The van der Waals surface area contributed by atoms with Crippen LogP contribution in [0.1, 0.15) is 35.9 Å². The van der Waals surface area contributed by atoms with E-state index in [1.165, 1.54) is 12.8 Å². The van der Waals surface area contributed by atoms with Gasteiger partial charge in [-0.15, -0.1) is 0 Å². The summed E-state index contributed by atoms with van der Waals surface area (Å²) in [7, 11) is 0. The Labute approximate surface area is 125 Å². The van der Waals surface area contributed by atoms with E-state index in [2.05, 4.69) is 26.1 Å². The Balaban J connectivity index is 1.71. The molecule has 0 aromatic carbocycles. The predicted molar refractivity (Wildman–Crippen MR) is 76.0 cm³/mol. The number of aromatic amines is 1. The van der Waals surface area contributed by atoms with Gasteiger partial charge < -0.3 is 9.80 Å². The van der Waals surface area contributed by atoms with Crippen LogP contribution in [0.4, 0.5) is 0 Å². The fourth-order valence-electron chi connectivity index (χ4n) is 2.40. The first-order valence-corrected chi connectivity index (χ1v) is 7.69. The number of carbonyl (C=O) groups excluding carboxylic acids is 2. The Kier molecular flexibility index (Phi) is 3.54. The molecule has 6 nitrogen and oxygen atoms in total. The van der Waals surface area contributed by atoms with E-state index in [0.717, 1.165) is 18.7 Å². The predicted octanol–water partition coefficient (Wildman–Crippen LogP) is 1.39. The lowest BCUT2D eigenvalue weighted by Crippen LogP contribution is -2.32. The summed E-state index contributed by atoms with van der Waals surface area (Å²) in [5, 5.41) is 6.91. The number of aromatic nitrogens is 2. The third-order valence-corrected chi connectivity index (χ3v) is 4.67. The van der Waals surface area contributed by atoms with Crippen LogP contribution >= 0.6 is 15.9 Å². The minimum absolute atomic E-state index is 0.0348. The molecule has 20 heavy (non-hydrogen) atoms. The van der Waals surface area contributed by atoms with Crippen molar-refractivity contribution in [3.05, 3.63) is 15.9 Å². The topological polar surface area (TPSA) is 69.3 Å². The summed E-state index contributed by atoms with van der Waals surface area (Å²) in [4.78, 5) is 27.7. The van der Waals surface area contributed by atoms with E-state index in [1.54, 1.807) is 9.80 Å². The van der Waals surface area contributed by atoms with Crippen molar-refractivity contribution in [1.82, 2.24) is 20.0 Å². The molecule has 1 aromatic heterocycles. The van der Waals surface area contributed by atoms with Crippen molar-refractivity contribution in [2.45, 2.75) is 26.2 Å². The zero-order chi connectivity index (χ0) is 14.3. The number of hydrogen-bond acceptors (Lipinski definition) is 3. The van der Waals surface area contributed by atoms with Gasteiger partial charge in [0.25, 0.3) is 5.91 Å². The Hall–Kier alpha value is -1.37. The van der Waals surface area contributed by atoms with E-state index in [4.69, 9.17) is 0 Å². The molecule has 0 radical (unpaired) electrons. The number of H-pyrrole nitrogens is 1. The lowest BCUT2D eigenvalue weighted by molar-refractivity contribution is -0.126. The summed E-state index contributed by atoms with van der Waals surface area (Å²) < 4.78 is 0.707. The summed E-state index contributed by atoms with van der Waals surface area (Å²) in [5.74, 6) is 0.477. The molecular formula is C13H17BrN4O2. The van der Waals surface area contributed by atoms with Crippen LogP contribution < -0.4 is 0 Å². The fourth-order valence-corrected chi connectivity index (χ4v) is 3.02. The zero-order valence-corrected chi connectivity index (χ0v) is 12.9. The molecule has 2 fully saturated rings. The van der Waals surface area contributed by atoms with E-state index >= 15 is 0 Å². The van der Waals surface area contributed by atoms with Crippen molar-refractivity contribution in [3.63, 3.8) is 0 Å².